The van der Waals surface area contributed by atoms with Gasteiger partial charge in [0.2, 0.25) is 0 Å². The van der Waals surface area contributed by atoms with Crippen molar-refractivity contribution < 1.29 is 5.11 Å². The number of hydrogen-bond acceptors (Lipinski definition) is 4. The fraction of sp³-hybridized carbons (Fsp3) is 0.200. The first-order valence-corrected chi connectivity index (χ1v) is 4.99. The summed E-state index contributed by atoms with van der Waals surface area (Å²) in [6.07, 6.45) is 0. The van der Waals surface area contributed by atoms with E-state index >= 15 is 0 Å². The van der Waals surface area contributed by atoms with Crippen LogP contribution in [-0.4, -0.2) is 31.8 Å². The van der Waals surface area contributed by atoms with Gasteiger partial charge in [-0.1, -0.05) is 23.4 Å². The highest BCUT2D eigenvalue weighted by molar-refractivity contribution is 5.91. The quantitative estimate of drug-likeness (QED) is 0.572. The number of aromatic amines is 1. The lowest BCUT2D eigenvalue weighted by molar-refractivity contribution is 0.269. The molecule has 0 bridgehead atoms. The van der Waals surface area contributed by atoms with E-state index in [1.165, 1.54) is 0 Å². The number of fused-ring (bicyclic) bond motifs is 3. The number of hydrogen-bond donors (Lipinski definition) is 3. The number of tetrazole rings is 1. The second-order valence-electron chi connectivity index (χ2n) is 3.68. The molecule has 0 radical (unpaired) electrons. The predicted octanol–water partition coefficient (Wildman–Crippen LogP) is 0.203. The Morgan fingerprint density at radius 1 is 1.44 bits per heavy atom. The van der Waals surface area contributed by atoms with Gasteiger partial charge >= 0.3 is 0 Å². The van der Waals surface area contributed by atoms with E-state index in [4.69, 9.17) is 5.73 Å². The van der Waals surface area contributed by atoms with Gasteiger partial charge in [0, 0.05) is 10.9 Å². The molecule has 1 atom stereocenters. The van der Waals surface area contributed by atoms with Gasteiger partial charge in [0.05, 0.1) is 18.2 Å². The SMILES string of the molecule is NC(CO)c1c2ccccc2n2[nH]nnc12. The first-order chi connectivity index (χ1) is 7.83. The van der Waals surface area contributed by atoms with Gasteiger partial charge in [-0.25, -0.2) is 4.52 Å². The molecule has 3 rings (SSSR count). The lowest BCUT2D eigenvalue weighted by atomic mass is 10.1. The van der Waals surface area contributed by atoms with Gasteiger partial charge in [-0.3, -0.25) is 0 Å². The van der Waals surface area contributed by atoms with Crippen LogP contribution in [-0.2, 0) is 0 Å². The van der Waals surface area contributed by atoms with Gasteiger partial charge in [-0.05, 0) is 6.07 Å². The molecule has 6 heteroatoms. The molecule has 3 aromatic rings. The smallest absolute Gasteiger partial charge is 0.183 e. The normalized spacial score (nSPS) is 13.6. The van der Waals surface area contributed by atoms with Gasteiger partial charge < -0.3 is 10.8 Å². The van der Waals surface area contributed by atoms with E-state index in [9.17, 15) is 5.11 Å². The number of H-pyrrole nitrogens is 1. The molecule has 4 N–H and O–H groups in total. The van der Waals surface area contributed by atoms with E-state index < -0.39 is 6.04 Å². The van der Waals surface area contributed by atoms with Crippen LogP contribution in [0.15, 0.2) is 24.3 Å². The summed E-state index contributed by atoms with van der Waals surface area (Å²) in [6, 6.07) is 7.34. The number of nitrogens with two attached hydrogens (primary N) is 1. The average Bonchev–Trinajstić information content (AvgIpc) is 2.87. The number of rotatable bonds is 2. The molecule has 82 valence electrons. The van der Waals surface area contributed by atoms with E-state index in [1.807, 2.05) is 24.3 Å². The fourth-order valence-corrected chi connectivity index (χ4v) is 2.02. The summed E-state index contributed by atoms with van der Waals surface area (Å²) in [4.78, 5) is 0. The Morgan fingerprint density at radius 3 is 3.06 bits per heavy atom. The lowest BCUT2D eigenvalue weighted by Crippen LogP contribution is -2.14. The van der Waals surface area contributed by atoms with Crippen molar-refractivity contribution in [3.05, 3.63) is 29.8 Å². The molecule has 2 aromatic heterocycles. The predicted molar refractivity (Wildman–Crippen MR) is 58.9 cm³/mol. The molecule has 0 saturated carbocycles. The topological polar surface area (TPSA) is 92.2 Å². The Kier molecular flexibility index (Phi) is 1.92. The highest BCUT2D eigenvalue weighted by Crippen LogP contribution is 2.28. The third kappa shape index (κ3) is 1.08. The van der Waals surface area contributed by atoms with Crippen molar-refractivity contribution in [2.45, 2.75) is 6.04 Å². The minimum Gasteiger partial charge on any atom is -0.394 e. The molecule has 16 heavy (non-hydrogen) atoms. The van der Waals surface area contributed by atoms with Gasteiger partial charge in [-0.2, -0.15) is 5.21 Å². The summed E-state index contributed by atoms with van der Waals surface area (Å²) in [5.74, 6) is 0. The fourth-order valence-electron chi connectivity index (χ4n) is 2.02. The number of benzene rings is 1. The van der Waals surface area contributed by atoms with Crippen molar-refractivity contribution in [3.63, 3.8) is 0 Å². The van der Waals surface area contributed by atoms with E-state index in [0.717, 1.165) is 16.5 Å². The molecule has 0 saturated heterocycles. The van der Waals surface area contributed by atoms with E-state index in [2.05, 4.69) is 15.5 Å². The van der Waals surface area contributed by atoms with Crippen LogP contribution in [0.1, 0.15) is 11.6 Å². The number of para-hydroxylation sites is 1. The van der Waals surface area contributed by atoms with Crippen LogP contribution in [0, 0.1) is 0 Å². The maximum atomic E-state index is 9.17. The molecule has 2 heterocycles. The zero-order valence-electron chi connectivity index (χ0n) is 8.46. The number of nitrogens with one attached hydrogen (secondary N) is 1. The van der Waals surface area contributed by atoms with Crippen molar-refractivity contribution in [1.82, 2.24) is 20.0 Å². The maximum Gasteiger partial charge on any atom is 0.183 e. The van der Waals surface area contributed by atoms with Crippen molar-refractivity contribution in [3.8, 4) is 0 Å². The molecule has 0 aliphatic heterocycles. The van der Waals surface area contributed by atoms with E-state index in [1.54, 1.807) is 4.52 Å². The average molecular weight is 217 g/mol. The number of aromatic nitrogens is 4. The molecular weight excluding hydrogens is 206 g/mol. The second kappa shape index (κ2) is 3.29. The molecule has 0 aliphatic rings. The van der Waals surface area contributed by atoms with Gasteiger partial charge in [-0.15, -0.1) is 5.10 Å². The number of nitrogens with zero attached hydrogens (tertiary/aromatic N) is 3. The Bertz CT molecular complexity index is 641. The summed E-state index contributed by atoms with van der Waals surface area (Å²) in [6.45, 7) is -0.115. The van der Waals surface area contributed by atoms with Crippen LogP contribution in [0.4, 0.5) is 0 Å². The van der Waals surface area contributed by atoms with Crippen LogP contribution < -0.4 is 5.73 Å². The zero-order chi connectivity index (χ0) is 11.1. The first kappa shape index (κ1) is 9.32. The number of aliphatic hydroxyl groups is 1. The molecular formula is C10H11N5O. The van der Waals surface area contributed by atoms with Crippen molar-refractivity contribution >= 4 is 16.6 Å². The highest BCUT2D eigenvalue weighted by atomic mass is 16.3. The molecule has 1 aromatic carbocycles. The number of aliphatic hydroxyl groups excluding tert-OH is 1. The monoisotopic (exact) mass is 217 g/mol. The van der Waals surface area contributed by atoms with Gasteiger partial charge in [0.15, 0.2) is 5.65 Å². The minimum absolute atomic E-state index is 0.115. The lowest BCUT2D eigenvalue weighted by Gasteiger charge is -2.05. The summed E-state index contributed by atoms with van der Waals surface area (Å²) in [5, 5.41) is 20.7. The Morgan fingerprint density at radius 2 is 2.25 bits per heavy atom. The third-order valence-corrected chi connectivity index (χ3v) is 2.74. The maximum absolute atomic E-state index is 9.17. The molecule has 6 nitrogen and oxygen atoms in total. The summed E-state index contributed by atoms with van der Waals surface area (Å²) in [5.41, 5.74) is 8.34. The van der Waals surface area contributed by atoms with E-state index in [0.29, 0.717) is 5.65 Å². The van der Waals surface area contributed by atoms with E-state index in [-0.39, 0.29) is 6.61 Å². The molecule has 0 amide bonds. The summed E-state index contributed by atoms with van der Waals surface area (Å²) < 4.78 is 1.76. The molecule has 0 spiro atoms. The third-order valence-electron chi connectivity index (χ3n) is 2.74. The summed E-state index contributed by atoms with van der Waals surface area (Å²) >= 11 is 0. The standard InChI is InChI=1S/C10H11N5O/c11-7(5-16)9-6-3-1-2-4-8(6)15-10(9)12-13-14-15/h1-4,7,16H,5,11H2,(H,12,14). The molecule has 0 fully saturated rings. The van der Waals surface area contributed by atoms with Crippen molar-refractivity contribution in [2.24, 2.45) is 5.73 Å². The van der Waals surface area contributed by atoms with Crippen molar-refractivity contribution in [2.75, 3.05) is 6.61 Å². The highest BCUT2D eigenvalue weighted by Gasteiger charge is 2.18. The Hall–Kier alpha value is -1.92. The van der Waals surface area contributed by atoms with Crippen molar-refractivity contribution in [1.29, 1.82) is 0 Å². The van der Waals surface area contributed by atoms with Crippen LogP contribution >= 0.6 is 0 Å². The van der Waals surface area contributed by atoms with Crippen LogP contribution in [0.25, 0.3) is 16.6 Å². The van der Waals surface area contributed by atoms with Gasteiger partial charge in [0.25, 0.3) is 0 Å². The Balaban J connectivity index is 2.47. The molecule has 0 aliphatic carbocycles. The summed E-state index contributed by atoms with van der Waals surface area (Å²) in [7, 11) is 0. The first-order valence-electron chi connectivity index (χ1n) is 4.99. The van der Waals surface area contributed by atoms with Crippen LogP contribution in [0.2, 0.25) is 0 Å². The van der Waals surface area contributed by atoms with Crippen LogP contribution in [0.3, 0.4) is 0 Å². The molecule has 1 unspecified atom stereocenters. The van der Waals surface area contributed by atoms with Gasteiger partial charge in [0.1, 0.15) is 0 Å². The largest absolute Gasteiger partial charge is 0.394 e. The zero-order valence-corrected chi connectivity index (χ0v) is 8.46. The minimum atomic E-state index is -0.444. The Labute approximate surface area is 90.6 Å². The van der Waals surface area contributed by atoms with Crippen LogP contribution in [0.5, 0.6) is 0 Å². The second-order valence-corrected chi connectivity index (χ2v) is 3.68.